The van der Waals surface area contributed by atoms with Crippen molar-refractivity contribution >= 4 is 21.6 Å². The molecule has 3 heteroatoms. The van der Waals surface area contributed by atoms with Crippen LogP contribution in [0, 0.1) is 0 Å². The van der Waals surface area contributed by atoms with E-state index in [1.165, 1.54) is 15.3 Å². The van der Waals surface area contributed by atoms with Crippen LogP contribution in [0.15, 0.2) is 18.2 Å². The van der Waals surface area contributed by atoms with Gasteiger partial charge in [-0.25, -0.2) is 4.98 Å². The highest BCUT2D eigenvalue weighted by atomic mass is 32.1. The second kappa shape index (κ2) is 4.93. The van der Waals surface area contributed by atoms with Crippen molar-refractivity contribution in [1.29, 1.82) is 0 Å². The highest BCUT2D eigenvalue weighted by Crippen LogP contribution is 2.28. The molecule has 0 atom stereocenters. The molecule has 16 heavy (non-hydrogen) atoms. The third-order valence-electron chi connectivity index (χ3n) is 2.63. The third kappa shape index (κ3) is 2.42. The van der Waals surface area contributed by atoms with Crippen molar-refractivity contribution in [2.45, 2.75) is 32.6 Å². The van der Waals surface area contributed by atoms with E-state index in [2.05, 4.69) is 37.0 Å². The van der Waals surface area contributed by atoms with E-state index >= 15 is 0 Å². The van der Waals surface area contributed by atoms with Gasteiger partial charge in [0.25, 0.3) is 0 Å². The van der Waals surface area contributed by atoms with E-state index in [9.17, 15) is 0 Å². The molecule has 0 aliphatic carbocycles. The number of aryl methyl sites for hydroxylation is 1. The second-order valence-corrected chi connectivity index (χ2v) is 5.46. The molecule has 0 amide bonds. The molecule has 1 aromatic heterocycles. The second-order valence-electron chi connectivity index (χ2n) is 4.40. The van der Waals surface area contributed by atoms with Gasteiger partial charge >= 0.3 is 0 Å². The summed E-state index contributed by atoms with van der Waals surface area (Å²) in [5, 5.41) is 1.23. The van der Waals surface area contributed by atoms with Crippen molar-refractivity contribution in [3.05, 3.63) is 28.8 Å². The van der Waals surface area contributed by atoms with E-state index in [4.69, 9.17) is 5.73 Å². The van der Waals surface area contributed by atoms with Crippen molar-refractivity contribution in [2.24, 2.45) is 5.73 Å². The Hall–Kier alpha value is -0.930. The molecule has 0 fully saturated rings. The number of rotatable bonds is 4. The van der Waals surface area contributed by atoms with Crippen LogP contribution in [-0.4, -0.2) is 11.5 Å². The number of hydrogen-bond acceptors (Lipinski definition) is 3. The Balaban J connectivity index is 2.30. The summed E-state index contributed by atoms with van der Waals surface area (Å²) in [7, 11) is 0. The maximum atomic E-state index is 5.52. The molecule has 2 nitrogen and oxygen atoms in total. The Kier molecular flexibility index (Phi) is 3.56. The first-order valence-electron chi connectivity index (χ1n) is 5.80. The van der Waals surface area contributed by atoms with Gasteiger partial charge in [0.15, 0.2) is 0 Å². The average molecular weight is 234 g/mol. The Labute approximate surface area is 101 Å². The minimum absolute atomic E-state index is 0.518. The maximum Gasteiger partial charge on any atom is 0.0963 e. The summed E-state index contributed by atoms with van der Waals surface area (Å²) in [4.78, 5) is 4.63. The first-order valence-corrected chi connectivity index (χ1v) is 6.62. The smallest absolute Gasteiger partial charge is 0.0963 e. The number of hydrogen-bond donors (Lipinski definition) is 1. The van der Waals surface area contributed by atoms with Gasteiger partial charge < -0.3 is 5.73 Å². The van der Waals surface area contributed by atoms with Crippen molar-refractivity contribution in [2.75, 3.05) is 6.54 Å². The van der Waals surface area contributed by atoms with E-state index in [1.807, 2.05) is 11.3 Å². The molecule has 0 aliphatic heterocycles. The SMILES string of the molecule is CC(C)c1nc2ccc(CCCN)cc2s1. The Morgan fingerprint density at radius 1 is 1.38 bits per heavy atom. The molecular weight excluding hydrogens is 216 g/mol. The van der Waals surface area contributed by atoms with Gasteiger partial charge in [-0.05, 0) is 37.1 Å². The Morgan fingerprint density at radius 3 is 2.88 bits per heavy atom. The van der Waals surface area contributed by atoms with Crippen LogP contribution in [-0.2, 0) is 6.42 Å². The quantitative estimate of drug-likeness (QED) is 0.881. The Bertz CT molecular complexity index is 474. The predicted molar refractivity (Wildman–Crippen MR) is 71.1 cm³/mol. The number of nitrogens with two attached hydrogens (primary N) is 1. The minimum Gasteiger partial charge on any atom is -0.330 e. The zero-order chi connectivity index (χ0) is 11.5. The zero-order valence-electron chi connectivity index (χ0n) is 9.86. The first-order chi connectivity index (χ1) is 7.70. The van der Waals surface area contributed by atoms with Gasteiger partial charge in [0.1, 0.15) is 0 Å². The third-order valence-corrected chi connectivity index (χ3v) is 3.95. The van der Waals surface area contributed by atoms with E-state index in [-0.39, 0.29) is 0 Å². The summed E-state index contributed by atoms with van der Waals surface area (Å²) < 4.78 is 1.30. The van der Waals surface area contributed by atoms with Crippen LogP contribution < -0.4 is 5.73 Å². The molecule has 1 heterocycles. The van der Waals surface area contributed by atoms with Crippen LogP contribution in [0.5, 0.6) is 0 Å². The van der Waals surface area contributed by atoms with Crippen LogP contribution in [0.3, 0.4) is 0 Å². The van der Waals surface area contributed by atoms with Gasteiger partial charge in [-0.2, -0.15) is 0 Å². The molecule has 0 spiro atoms. The zero-order valence-corrected chi connectivity index (χ0v) is 10.7. The lowest BCUT2D eigenvalue weighted by Crippen LogP contribution is -1.99. The summed E-state index contributed by atoms with van der Waals surface area (Å²) in [6.45, 7) is 5.14. The van der Waals surface area contributed by atoms with Gasteiger partial charge in [0.05, 0.1) is 15.2 Å². The van der Waals surface area contributed by atoms with Crippen LogP contribution in [0.4, 0.5) is 0 Å². The fourth-order valence-electron chi connectivity index (χ4n) is 1.70. The van der Waals surface area contributed by atoms with Gasteiger partial charge in [0.2, 0.25) is 0 Å². The standard InChI is InChI=1S/C13H18N2S/c1-9(2)13-15-11-6-5-10(4-3-7-14)8-12(11)16-13/h5-6,8-9H,3-4,7,14H2,1-2H3. The van der Waals surface area contributed by atoms with Crippen molar-refractivity contribution < 1.29 is 0 Å². The molecular formula is C13H18N2S. The van der Waals surface area contributed by atoms with Crippen molar-refractivity contribution in [3.8, 4) is 0 Å². The van der Waals surface area contributed by atoms with E-state index in [1.54, 1.807) is 0 Å². The molecule has 2 N–H and O–H groups in total. The molecule has 2 aromatic rings. The van der Waals surface area contributed by atoms with Crippen LogP contribution in [0.25, 0.3) is 10.2 Å². The molecule has 0 bridgehead atoms. The van der Waals surface area contributed by atoms with Crippen molar-refractivity contribution in [1.82, 2.24) is 4.98 Å². The van der Waals surface area contributed by atoms with Crippen LogP contribution in [0.1, 0.15) is 36.8 Å². The molecule has 0 saturated carbocycles. The topological polar surface area (TPSA) is 38.9 Å². The molecule has 0 aliphatic rings. The summed E-state index contributed by atoms with van der Waals surface area (Å²) >= 11 is 1.81. The fourth-order valence-corrected chi connectivity index (χ4v) is 2.73. The molecule has 2 rings (SSSR count). The number of nitrogens with zero attached hydrogens (tertiary/aromatic N) is 1. The van der Waals surface area contributed by atoms with E-state index in [0.29, 0.717) is 5.92 Å². The van der Waals surface area contributed by atoms with Gasteiger partial charge in [-0.1, -0.05) is 19.9 Å². The number of fused-ring (bicyclic) bond motifs is 1. The highest BCUT2D eigenvalue weighted by molar-refractivity contribution is 7.18. The molecule has 1 aromatic carbocycles. The van der Waals surface area contributed by atoms with Gasteiger partial charge in [-0.15, -0.1) is 11.3 Å². The van der Waals surface area contributed by atoms with Crippen LogP contribution >= 0.6 is 11.3 Å². The largest absolute Gasteiger partial charge is 0.330 e. The monoisotopic (exact) mass is 234 g/mol. The average Bonchev–Trinajstić information content (AvgIpc) is 2.69. The lowest BCUT2D eigenvalue weighted by molar-refractivity contribution is 0.833. The van der Waals surface area contributed by atoms with Gasteiger partial charge in [-0.3, -0.25) is 0 Å². The first kappa shape index (κ1) is 11.6. The fraction of sp³-hybridized carbons (Fsp3) is 0.462. The number of benzene rings is 1. The lowest BCUT2D eigenvalue weighted by atomic mass is 10.1. The summed E-state index contributed by atoms with van der Waals surface area (Å²) in [6.07, 6.45) is 2.13. The normalized spacial score (nSPS) is 11.5. The molecule has 86 valence electrons. The Morgan fingerprint density at radius 2 is 2.19 bits per heavy atom. The van der Waals surface area contributed by atoms with E-state index in [0.717, 1.165) is 24.9 Å². The number of thiazole rings is 1. The molecule has 0 radical (unpaired) electrons. The maximum absolute atomic E-state index is 5.52. The highest BCUT2D eigenvalue weighted by Gasteiger charge is 2.07. The summed E-state index contributed by atoms with van der Waals surface area (Å²) in [5.74, 6) is 0.518. The lowest BCUT2D eigenvalue weighted by Gasteiger charge is -1.98. The van der Waals surface area contributed by atoms with Crippen LogP contribution in [0.2, 0.25) is 0 Å². The van der Waals surface area contributed by atoms with Crippen molar-refractivity contribution in [3.63, 3.8) is 0 Å². The summed E-state index contributed by atoms with van der Waals surface area (Å²) in [5.41, 5.74) is 8.03. The summed E-state index contributed by atoms with van der Waals surface area (Å²) in [6, 6.07) is 6.56. The molecule has 0 unspecified atom stereocenters. The molecule has 0 saturated heterocycles. The van der Waals surface area contributed by atoms with Gasteiger partial charge in [0, 0.05) is 5.92 Å². The number of aromatic nitrogens is 1. The predicted octanol–water partition coefficient (Wildman–Crippen LogP) is 3.31. The van der Waals surface area contributed by atoms with E-state index < -0.39 is 0 Å². The minimum atomic E-state index is 0.518.